The maximum absolute atomic E-state index is 12.9. The fraction of sp³-hybridized carbons (Fsp3) is 0.571. The van der Waals surface area contributed by atoms with Gasteiger partial charge in [0.1, 0.15) is 0 Å². The van der Waals surface area contributed by atoms with Crippen molar-refractivity contribution >= 4 is 23.6 Å². The number of aryl methyl sites for hydroxylation is 1. The Hall–Kier alpha value is -2.06. The molecule has 1 aromatic carbocycles. The molecule has 0 bridgehead atoms. The van der Waals surface area contributed by atoms with E-state index < -0.39 is 0 Å². The van der Waals surface area contributed by atoms with Crippen LogP contribution in [0, 0.1) is 0 Å². The van der Waals surface area contributed by atoms with Gasteiger partial charge in [0.2, 0.25) is 11.9 Å². The van der Waals surface area contributed by atoms with E-state index in [4.69, 9.17) is 4.74 Å². The Morgan fingerprint density at radius 2 is 2.10 bits per heavy atom. The van der Waals surface area contributed by atoms with Gasteiger partial charge in [-0.1, -0.05) is 36.0 Å². The molecule has 0 saturated carbocycles. The van der Waals surface area contributed by atoms with E-state index in [1.54, 1.807) is 0 Å². The highest BCUT2D eigenvalue weighted by Gasteiger charge is 2.26. The first-order valence-electron chi connectivity index (χ1n) is 10.5. The summed E-state index contributed by atoms with van der Waals surface area (Å²) in [5.41, 5.74) is 2.61. The molecule has 2 aromatic rings. The first-order chi connectivity index (χ1) is 14.2. The zero-order valence-electron chi connectivity index (χ0n) is 17.1. The SMILES string of the molecule is CCn1c(S[C@@H](C)C(=O)N[C@H]2CCCc3ccccc32)nnc1N1CCOCC1. The number of amides is 1. The van der Waals surface area contributed by atoms with Crippen LogP contribution < -0.4 is 10.2 Å². The van der Waals surface area contributed by atoms with E-state index in [1.807, 2.05) is 6.92 Å². The minimum Gasteiger partial charge on any atom is -0.378 e. The molecule has 2 aliphatic rings. The number of aromatic nitrogens is 3. The molecular weight excluding hydrogens is 386 g/mol. The fourth-order valence-electron chi connectivity index (χ4n) is 4.05. The second kappa shape index (κ2) is 9.17. The highest BCUT2D eigenvalue weighted by molar-refractivity contribution is 8.00. The van der Waals surface area contributed by atoms with Crippen LogP contribution in [-0.4, -0.2) is 52.2 Å². The van der Waals surface area contributed by atoms with Gasteiger partial charge in [-0.05, 0) is 44.2 Å². The van der Waals surface area contributed by atoms with Crippen molar-refractivity contribution in [1.82, 2.24) is 20.1 Å². The van der Waals surface area contributed by atoms with Gasteiger partial charge in [-0.3, -0.25) is 9.36 Å². The third kappa shape index (κ3) is 4.43. The highest BCUT2D eigenvalue weighted by Crippen LogP contribution is 2.31. The third-order valence-electron chi connectivity index (χ3n) is 5.64. The number of ether oxygens (including phenoxy) is 1. The van der Waals surface area contributed by atoms with Crippen LogP contribution in [0.25, 0.3) is 0 Å². The van der Waals surface area contributed by atoms with Gasteiger partial charge >= 0.3 is 0 Å². The predicted octanol–water partition coefficient (Wildman–Crippen LogP) is 2.81. The van der Waals surface area contributed by atoms with Gasteiger partial charge in [-0.25, -0.2) is 0 Å². The monoisotopic (exact) mass is 415 g/mol. The Morgan fingerprint density at radius 3 is 2.90 bits per heavy atom. The number of hydrogen-bond acceptors (Lipinski definition) is 6. The lowest BCUT2D eigenvalue weighted by Crippen LogP contribution is -2.38. The molecule has 1 amide bonds. The Labute approximate surface area is 176 Å². The smallest absolute Gasteiger partial charge is 0.233 e. The molecule has 0 spiro atoms. The van der Waals surface area contributed by atoms with Crippen LogP contribution in [0.3, 0.4) is 0 Å². The van der Waals surface area contributed by atoms with Crippen LogP contribution in [0.15, 0.2) is 29.4 Å². The molecule has 1 N–H and O–H groups in total. The van der Waals surface area contributed by atoms with Crippen LogP contribution in [0.4, 0.5) is 5.95 Å². The average molecular weight is 416 g/mol. The maximum Gasteiger partial charge on any atom is 0.233 e. The van der Waals surface area contributed by atoms with E-state index in [0.717, 1.165) is 50.0 Å². The Balaban J connectivity index is 1.42. The third-order valence-corrected chi connectivity index (χ3v) is 6.73. The van der Waals surface area contributed by atoms with Crippen LogP contribution >= 0.6 is 11.8 Å². The summed E-state index contributed by atoms with van der Waals surface area (Å²) in [4.78, 5) is 15.1. The minimum atomic E-state index is -0.240. The van der Waals surface area contributed by atoms with Gasteiger partial charge in [-0.2, -0.15) is 0 Å². The number of carbonyl (C=O) groups is 1. The summed E-state index contributed by atoms with van der Waals surface area (Å²) < 4.78 is 7.53. The standard InChI is InChI=1S/C21H29N5O2S/c1-3-26-20(25-11-13-28-14-12-25)23-24-21(26)29-15(2)19(27)22-18-10-6-8-16-7-4-5-9-17(16)18/h4-5,7,9,15,18H,3,6,8,10-14H2,1-2H3,(H,22,27)/t15-,18-/m0/s1. The molecule has 2 atom stereocenters. The normalized spacial score (nSPS) is 20.2. The molecule has 1 fully saturated rings. The number of nitrogens with one attached hydrogen (secondary N) is 1. The summed E-state index contributed by atoms with van der Waals surface area (Å²) in [6.07, 6.45) is 3.19. The van der Waals surface area contributed by atoms with Crippen LogP contribution in [0.2, 0.25) is 0 Å². The van der Waals surface area contributed by atoms with Crippen molar-refractivity contribution in [1.29, 1.82) is 0 Å². The van der Waals surface area contributed by atoms with E-state index in [-0.39, 0.29) is 17.2 Å². The van der Waals surface area contributed by atoms with Crippen LogP contribution in [0.5, 0.6) is 0 Å². The molecule has 1 aliphatic heterocycles. The van der Waals surface area contributed by atoms with Crippen molar-refractivity contribution < 1.29 is 9.53 Å². The van der Waals surface area contributed by atoms with Gasteiger partial charge in [0, 0.05) is 19.6 Å². The van der Waals surface area contributed by atoms with Crippen molar-refractivity contribution in [2.75, 3.05) is 31.2 Å². The second-order valence-corrected chi connectivity index (χ2v) is 8.85. The fourth-order valence-corrected chi connectivity index (χ4v) is 4.96. The number of thioether (sulfide) groups is 1. The summed E-state index contributed by atoms with van der Waals surface area (Å²) in [6.45, 7) is 7.85. The number of nitrogens with zero attached hydrogens (tertiary/aromatic N) is 4. The molecule has 8 heteroatoms. The molecule has 7 nitrogen and oxygen atoms in total. The van der Waals surface area contributed by atoms with Crippen molar-refractivity contribution in [3.8, 4) is 0 Å². The van der Waals surface area contributed by atoms with E-state index in [9.17, 15) is 4.79 Å². The number of anilines is 1. The Kier molecular flexibility index (Phi) is 6.40. The zero-order chi connectivity index (χ0) is 20.2. The lowest BCUT2D eigenvalue weighted by Gasteiger charge is -2.28. The van der Waals surface area contributed by atoms with Gasteiger partial charge in [0.25, 0.3) is 0 Å². The molecule has 4 rings (SSSR count). The van der Waals surface area contributed by atoms with E-state index in [0.29, 0.717) is 13.2 Å². The topological polar surface area (TPSA) is 72.3 Å². The number of morpholine rings is 1. The lowest BCUT2D eigenvalue weighted by atomic mass is 9.88. The van der Waals surface area contributed by atoms with Gasteiger partial charge in [-0.15, -0.1) is 10.2 Å². The van der Waals surface area contributed by atoms with Gasteiger partial charge in [0.05, 0.1) is 24.5 Å². The summed E-state index contributed by atoms with van der Waals surface area (Å²) in [5.74, 6) is 0.919. The highest BCUT2D eigenvalue weighted by atomic mass is 32.2. The first-order valence-corrected chi connectivity index (χ1v) is 11.4. The summed E-state index contributed by atoms with van der Waals surface area (Å²) in [5, 5.41) is 12.6. The molecule has 0 unspecified atom stereocenters. The van der Waals surface area contributed by atoms with Crippen molar-refractivity contribution in [2.45, 2.75) is 56.1 Å². The average Bonchev–Trinajstić information content (AvgIpc) is 3.17. The molecular formula is C21H29N5O2S. The molecule has 1 saturated heterocycles. The van der Waals surface area contributed by atoms with Crippen molar-refractivity contribution in [3.63, 3.8) is 0 Å². The second-order valence-electron chi connectivity index (χ2n) is 7.54. The van der Waals surface area contributed by atoms with Crippen LogP contribution in [0.1, 0.15) is 43.9 Å². The van der Waals surface area contributed by atoms with Crippen molar-refractivity contribution in [2.24, 2.45) is 0 Å². The summed E-state index contributed by atoms with van der Waals surface area (Å²) in [7, 11) is 0. The Bertz CT molecular complexity index is 849. The quantitative estimate of drug-likeness (QED) is 0.732. The number of fused-ring (bicyclic) bond motifs is 1. The molecule has 2 heterocycles. The van der Waals surface area contributed by atoms with Crippen molar-refractivity contribution in [3.05, 3.63) is 35.4 Å². The number of rotatable bonds is 6. The molecule has 0 radical (unpaired) electrons. The first kappa shape index (κ1) is 20.2. The number of carbonyl (C=O) groups excluding carboxylic acids is 1. The lowest BCUT2D eigenvalue weighted by molar-refractivity contribution is -0.121. The van der Waals surface area contributed by atoms with E-state index in [2.05, 4.69) is 56.2 Å². The Morgan fingerprint density at radius 1 is 1.31 bits per heavy atom. The minimum absolute atomic E-state index is 0.0512. The molecule has 29 heavy (non-hydrogen) atoms. The predicted molar refractivity (Wildman–Crippen MR) is 114 cm³/mol. The van der Waals surface area contributed by atoms with Gasteiger partial charge < -0.3 is 15.0 Å². The molecule has 156 valence electrons. The largest absolute Gasteiger partial charge is 0.378 e. The van der Waals surface area contributed by atoms with Gasteiger partial charge in [0.15, 0.2) is 5.16 Å². The molecule has 1 aliphatic carbocycles. The number of hydrogen-bond donors (Lipinski definition) is 1. The maximum atomic E-state index is 12.9. The molecule has 1 aromatic heterocycles. The van der Waals surface area contributed by atoms with E-state index in [1.165, 1.54) is 22.9 Å². The zero-order valence-corrected chi connectivity index (χ0v) is 18.0. The van der Waals surface area contributed by atoms with E-state index >= 15 is 0 Å². The summed E-state index contributed by atoms with van der Waals surface area (Å²) in [6, 6.07) is 8.54. The van der Waals surface area contributed by atoms with Crippen LogP contribution in [-0.2, 0) is 22.5 Å². The number of benzene rings is 1. The summed E-state index contributed by atoms with van der Waals surface area (Å²) >= 11 is 1.48.